The van der Waals surface area contributed by atoms with Crippen LogP contribution in [-0.4, -0.2) is 6.21 Å². The predicted octanol–water partition coefficient (Wildman–Crippen LogP) is 5.01. The van der Waals surface area contributed by atoms with Crippen LogP contribution in [0.2, 0.25) is 0 Å². The van der Waals surface area contributed by atoms with Gasteiger partial charge in [0.25, 0.3) is 0 Å². The summed E-state index contributed by atoms with van der Waals surface area (Å²) in [5.41, 5.74) is 2.21. The maximum Gasteiger partial charge on any atom is 0.134 e. The highest BCUT2D eigenvalue weighted by atomic mass is 19.1. The van der Waals surface area contributed by atoms with Gasteiger partial charge in [0.05, 0.1) is 18.4 Å². The van der Waals surface area contributed by atoms with Crippen LogP contribution in [0.15, 0.2) is 84.0 Å². The minimum atomic E-state index is -0.633. The SMILES string of the molecule is Fc1ccc(/C=N\N(Cc2ccccc2)c2ccccc2)c(F)c1. The van der Waals surface area contributed by atoms with E-state index in [1.807, 2.05) is 60.7 Å². The van der Waals surface area contributed by atoms with E-state index >= 15 is 0 Å². The molecule has 2 nitrogen and oxygen atoms in total. The molecule has 0 unspecified atom stereocenters. The zero-order valence-corrected chi connectivity index (χ0v) is 12.9. The molecule has 4 heteroatoms. The molecule has 24 heavy (non-hydrogen) atoms. The highest BCUT2D eigenvalue weighted by molar-refractivity contribution is 5.80. The number of nitrogens with zero attached hydrogens (tertiary/aromatic N) is 2. The number of rotatable bonds is 5. The van der Waals surface area contributed by atoms with Crippen LogP contribution in [0.5, 0.6) is 0 Å². The van der Waals surface area contributed by atoms with Crippen LogP contribution < -0.4 is 5.01 Å². The molecule has 0 saturated carbocycles. The molecule has 0 atom stereocenters. The molecule has 3 aromatic carbocycles. The van der Waals surface area contributed by atoms with E-state index in [0.29, 0.717) is 6.54 Å². The van der Waals surface area contributed by atoms with Crippen molar-refractivity contribution in [3.8, 4) is 0 Å². The van der Waals surface area contributed by atoms with Crippen molar-refractivity contribution in [1.29, 1.82) is 0 Å². The smallest absolute Gasteiger partial charge is 0.134 e. The molecule has 0 amide bonds. The Bertz CT molecular complexity index is 818. The van der Waals surface area contributed by atoms with Gasteiger partial charge in [0.15, 0.2) is 0 Å². The van der Waals surface area contributed by atoms with Crippen molar-refractivity contribution in [2.45, 2.75) is 6.54 Å². The van der Waals surface area contributed by atoms with E-state index in [1.54, 1.807) is 5.01 Å². The van der Waals surface area contributed by atoms with Crippen LogP contribution in [0.1, 0.15) is 11.1 Å². The Morgan fingerprint density at radius 1 is 0.833 bits per heavy atom. The quantitative estimate of drug-likeness (QED) is 0.476. The Morgan fingerprint density at radius 3 is 2.17 bits per heavy atom. The first-order valence-electron chi connectivity index (χ1n) is 7.58. The molecule has 0 aliphatic heterocycles. The Balaban J connectivity index is 1.88. The molecule has 0 spiro atoms. The molecule has 3 aromatic rings. The third-order valence-corrected chi connectivity index (χ3v) is 3.53. The summed E-state index contributed by atoms with van der Waals surface area (Å²) >= 11 is 0. The molecule has 0 fully saturated rings. The van der Waals surface area contributed by atoms with Crippen molar-refractivity contribution in [2.75, 3.05) is 5.01 Å². The first-order chi connectivity index (χ1) is 11.7. The fourth-order valence-corrected chi connectivity index (χ4v) is 2.29. The van der Waals surface area contributed by atoms with E-state index in [-0.39, 0.29) is 5.56 Å². The number of anilines is 1. The van der Waals surface area contributed by atoms with Gasteiger partial charge in [-0.25, -0.2) is 8.78 Å². The molecular formula is C20H16F2N2. The van der Waals surface area contributed by atoms with E-state index in [9.17, 15) is 8.78 Å². The van der Waals surface area contributed by atoms with Gasteiger partial charge in [0.2, 0.25) is 0 Å². The summed E-state index contributed by atoms with van der Waals surface area (Å²) in [5, 5.41) is 6.17. The summed E-state index contributed by atoms with van der Waals surface area (Å²) in [6, 6.07) is 22.9. The van der Waals surface area contributed by atoms with Crippen LogP contribution in [0.4, 0.5) is 14.5 Å². The van der Waals surface area contributed by atoms with Crippen LogP contribution >= 0.6 is 0 Å². The molecule has 0 heterocycles. The van der Waals surface area contributed by atoms with Gasteiger partial charge in [-0.05, 0) is 29.8 Å². The molecule has 0 N–H and O–H groups in total. The maximum atomic E-state index is 13.8. The maximum absolute atomic E-state index is 13.8. The third-order valence-electron chi connectivity index (χ3n) is 3.53. The highest BCUT2D eigenvalue weighted by Gasteiger charge is 2.06. The van der Waals surface area contributed by atoms with E-state index in [4.69, 9.17) is 0 Å². The molecule has 0 bridgehead atoms. The van der Waals surface area contributed by atoms with Crippen molar-refractivity contribution < 1.29 is 8.78 Å². The lowest BCUT2D eigenvalue weighted by Gasteiger charge is -2.19. The normalized spacial score (nSPS) is 10.9. The summed E-state index contributed by atoms with van der Waals surface area (Å²) in [5.74, 6) is -1.24. The standard InChI is InChI=1S/C20H16F2N2/c21-18-12-11-17(20(22)13-18)14-23-24(19-9-5-2-6-10-19)15-16-7-3-1-4-8-16/h1-14H,15H2/b23-14-. The molecule has 120 valence electrons. The van der Waals surface area contributed by atoms with Crippen molar-refractivity contribution in [1.82, 2.24) is 0 Å². The van der Waals surface area contributed by atoms with Crippen LogP contribution in [0, 0.1) is 11.6 Å². The number of hydrogen-bond acceptors (Lipinski definition) is 2. The van der Waals surface area contributed by atoms with Gasteiger partial charge in [-0.1, -0.05) is 48.5 Å². The van der Waals surface area contributed by atoms with Crippen molar-refractivity contribution in [3.63, 3.8) is 0 Å². The predicted molar refractivity (Wildman–Crippen MR) is 93.0 cm³/mol. The van der Waals surface area contributed by atoms with E-state index in [2.05, 4.69) is 5.10 Å². The fourth-order valence-electron chi connectivity index (χ4n) is 2.29. The van der Waals surface area contributed by atoms with Crippen LogP contribution in [0.25, 0.3) is 0 Å². The average molecular weight is 322 g/mol. The molecule has 0 aliphatic rings. The average Bonchev–Trinajstić information content (AvgIpc) is 2.61. The number of hydrazone groups is 1. The lowest BCUT2D eigenvalue weighted by Crippen LogP contribution is -2.16. The molecule has 0 aromatic heterocycles. The summed E-state index contributed by atoms with van der Waals surface area (Å²) in [7, 11) is 0. The zero-order valence-electron chi connectivity index (χ0n) is 12.9. The summed E-state index contributed by atoms with van der Waals surface area (Å²) in [4.78, 5) is 0. The first kappa shape index (κ1) is 15.9. The fraction of sp³-hybridized carbons (Fsp3) is 0.0500. The van der Waals surface area contributed by atoms with Gasteiger partial charge in [-0.15, -0.1) is 0 Å². The van der Waals surface area contributed by atoms with Crippen molar-refractivity contribution in [3.05, 3.63) is 102 Å². The minimum Gasteiger partial charge on any atom is -0.261 e. The monoisotopic (exact) mass is 322 g/mol. The number of para-hydroxylation sites is 1. The van der Waals surface area contributed by atoms with E-state index in [0.717, 1.165) is 17.3 Å². The van der Waals surface area contributed by atoms with Gasteiger partial charge >= 0.3 is 0 Å². The van der Waals surface area contributed by atoms with Gasteiger partial charge in [0.1, 0.15) is 11.6 Å². The van der Waals surface area contributed by atoms with Gasteiger partial charge in [-0.2, -0.15) is 5.10 Å². The lowest BCUT2D eigenvalue weighted by molar-refractivity contribution is 0.582. The van der Waals surface area contributed by atoms with Gasteiger partial charge in [0, 0.05) is 11.6 Å². The Hall–Kier alpha value is -3.01. The zero-order chi connectivity index (χ0) is 16.8. The summed E-state index contributed by atoms with van der Waals surface area (Å²) in [6.07, 6.45) is 1.41. The number of benzene rings is 3. The second-order valence-electron chi connectivity index (χ2n) is 5.29. The second kappa shape index (κ2) is 7.51. The van der Waals surface area contributed by atoms with Gasteiger partial charge in [-0.3, -0.25) is 5.01 Å². The molecule has 0 radical (unpaired) electrons. The van der Waals surface area contributed by atoms with Gasteiger partial charge < -0.3 is 0 Å². The van der Waals surface area contributed by atoms with Crippen molar-refractivity contribution >= 4 is 11.9 Å². The Labute approximate surface area is 139 Å². The Morgan fingerprint density at radius 2 is 1.50 bits per heavy atom. The minimum absolute atomic E-state index is 0.241. The topological polar surface area (TPSA) is 15.6 Å². The first-order valence-corrected chi connectivity index (χ1v) is 7.58. The summed E-state index contributed by atoms with van der Waals surface area (Å²) in [6.45, 7) is 0.546. The lowest BCUT2D eigenvalue weighted by atomic mass is 10.2. The van der Waals surface area contributed by atoms with E-state index < -0.39 is 11.6 Å². The summed E-state index contributed by atoms with van der Waals surface area (Å²) < 4.78 is 26.8. The van der Waals surface area contributed by atoms with Crippen molar-refractivity contribution in [2.24, 2.45) is 5.10 Å². The Kier molecular flexibility index (Phi) is 4.96. The molecule has 0 saturated heterocycles. The molecule has 3 rings (SSSR count). The van der Waals surface area contributed by atoms with E-state index in [1.165, 1.54) is 18.3 Å². The van der Waals surface area contributed by atoms with Crippen LogP contribution in [0.3, 0.4) is 0 Å². The largest absolute Gasteiger partial charge is 0.261 e. The highest BCUT2D eigenvalue weighted by Crippen LogP contribution is 2.17. The molecule has 0 aliphatic carbocycles. The number of hydrogen-bond donors (Lipinski definition) is 0. The second-order valence-corrected chi connectivity index (χ2v) is 5.29. The van der Waals surface area contributed by atoms with Crippen LogP contribution in [-0.2, 0) is 6.54 Å². The third kappa shape index (κ3) is 4.04. The molecular weight excluding hydrogens is 306 g/mol. The number of halogens is 2.